The molecule has 0 N–H and O–H groups in total. The average molecular weight is 867 g/mol. The van der Waals surface area contributed by atoms with Crippen molar-refractivity contribution in [1.29, 1.82) is 0 Å². The number of unbranched alkanes of at least 4 members (excludes halogenated alkanes) is 28. The van der Waals surface area contributed by atoms with Crippen LogP contribution in [-0.2, 0) is 23.8 Å². The third-order valence-corrected chi connectivity index (χ3v) is 11.5. The second-order valence-corrected chi connectivity index (χ2v) is 17.8. The third-order valence-electron chi connectivity index (χ3n) is 11.5. The minimum absolute atomic E-state index is 0.0794. The highest BCUT2D eigenvalue weighted by Crippen LogP contribution is 2.15. The van der Waals surface area contributed by atoms with Crippen LogP contribution in [0.1, 0.15) is 265 Å². The van der Waals surface area contributed by atoms with Crippen molar-refractivity contribution >= 4 is 11.9 Å². The molecule has 0 saturated carbocycles. The third kappa shape index (κ3) is 50.2. The molecule has 0 aromatic heterocycles. The van der Waals surface area contributed by atoms with E-state index in [0.29, 0.717) is 19.4 Å². The van der Waals surface area contributed by atoms with Crippen molar-refractivity contribution < 1.29 is 23.8 Å². The summed E-state index contributed by atoms with van der Waals surface area (Å²) in [6.07, 6.45) is 66.6. The zero-order chi connectivity index (χ0) is 44.9. The number of hydrogen-bond donors (Lipinski definition) is 0. The van der Waals surface area contributed by atoms with E-state index in [-0.39, 0.29) is 25.2 Å². The Morgan fingerprint density at radius 2 is 0.742 bits per heavy atom. The van der Waals surface area contributed by atoms with Crippen LogP contribution >= 0.6 is 0 Å². The maximum atomic E-state index is 12.8. The van der Waals surface area contributed by atoms with Crippen LogP contribution in [0.2, 0.25) is 0 Å². The molecule has 0 spiro atoms. The Balaban J connectivity index is 4.23. The molecule has 0 heterocycles. The zero-order valence-corrected chi connectivity index (χ0v) is 41.4. The molecule has 0 aliphatic rings. The lowest BCUT2D eigenvalue weighted by Crippen LogP contribution is -2.30. The highest BCUT2D eigenvalue weighted by molar-refractivity contribution is 5.70. The largest absolute Gasteiger partial charge is 0.462 e. The Bertz CT molecular complexity index is 1070. The zero-order valence-electron chi connectivity index (χ0n) is 41.4. The number of carbonyl (C=O) groups excluding carboxylic acids is 2. The van der Waals surface area contributed by atoms with E-state index < -0.39 is 6.10 Å². The molecule has 1 unspecified atom stereocenters. The summed E-state index contributed by atoms with van der Waals surface area (Å²) in [6.45, 7) is 7.68. The van der Waals surface area contributed by atoms with Crippen LogP contribution in [0.3, 0.4) is 0 Å². The summed E-state index contributed by atoms with van der Waals surface area (Å²) >= 11 is 0. The van der Waals surface area contributed by atoms with Crippen molar-refractivity contribution in [3.63, 3.8) is 0 Å². The molecule has 0 aliphatic carbocycles. The lowest BCUT2D eigenvalue weighted by atomic mass is 10.0. The van der Waals surface area contributed by atoms with Gasteiger partial charge in [0, 0.05) is 19.4 Å². The Kier molecular flexibility index (Phi) is 50.9. The normalized spacial score (nSPS) is 12.6. The van der Waals surface area contributed by atoms with E-state index >= 15 is 0 Å². The topological polar surface area (TPSA) is 61.8 Å². The van der Waals surface area contributed by atoms with Crippen LogP contribution in [0.4, 0.5) is 0 Å². The average Bonchev–Trinajstić information content (AvgIpc) is 3.27. The minimum Gasteiger partial charge on any atom is -0.462 e. The summed E-state index contributed by atoms with van der Waals surface area (Å²) in [4.78, 5) is 25.4. The van der Waals surface area contributed by atoms with Gasteiger partial charge in [0.1, 0.15) is 6.61 Å². The molecule has 1 atom stereocenters. The van der Waals surface area contributed by atoms with Crippen molar-refractivity contribution in [2.24, 2.45) is 0 Å². The molecule has 0 rings (SSSR count). The Hall–Kier alpha value is -2.40. The molecule has 0 aromatic carbocycles. The van der Waals surface area contributed by atoms with E-state index in [1.165, 1.54) is 154 Å². The van der Waals surface area contributed by atoms with Crippen LogP contribution in [0.15, 0.2) is 60.8 Å². The van der Waals surface area contributed by atoms with E-state index in [0.717, 1.165) is 77.0 Å². The number of hydrogen-bond acceptors (Lipinski definition) is 5. The SMILES string of the molecule is CC/C=C\C/C=C\C/C=C\C/C=C\CCCCCCCCCOCC(COC(=O)CCCCCCCCCCCCCCCCC)OC(=O)CCCCCCC/C=C\CCCC. The fourth-order valence-electron chi connectivity index (χ4n) is 7.54. The van der Waals surface area contributed by atoms with Gasteiger partial charge in [0.05, 0.1) is 6.61 Å². The van der Waals surface area contributed by atoms with Crippen molar-refractivity contribution in [2.45, 2.75) is 271 Å². The quantitative estimate of drug-likeness (QED) is 0.0346. The van der Waals surface area contributed by atoms with Crippen LogP contribution in [0, 0.1) is 0 Å². The lowest BCUT2D eigenvalue weighted by Gasteiger charge is -2.18. The summed E-state index contributed by atoms with van der Waals surface area (Å²) in [6, 6.07) is 0. The number of allylic oxidation sites excluding steroid dienone is 10. The smallest absolute Gasteiger partial charge is 0.306 e. The molecule has 5 nitrogen and oxygen atoms in total. The van der Waals surface area contributed by atoms with Crippen LogP contribution in [0.25, 0.3) is 0 Å². The van der Waals surface area contributed by atoms with Gasteiger partial charge in [-0.05, 0) is 77.0 Å². The highest BCUT2D eigenvalue weighted by Gasteiger charge is 2.17. The van der Waals surface area contributed by atoms with Crippen molar-refractivity contribution in [3.8, 4) is 0 Å². The van der Waals surface area contributed by atoms with Gasteiger partial charge in [-0.25, -0.2) is 0 Å². The number of carbonyl (C=O) groups is 2. The maximum Gasteiger partial charge on any atom is 0.306 e. The minimum atomic E-state index is -0.544. The van der Waals surface area contributed by atoms with Gasteiger partial charge in [-0.1, -0.05) is 236 Å². The second-order valence-electron chi connectivity index (χ2n) is 17.8. The predicted octanol–water partition coefficient (Wildman–Crippen LogP) is 18.1. The fraction of sp³-hybridized carbons (Fsp3) is 0.789. The Morgan fingerprint density at radius 1 is 0.371 bits per heavy atom. The first kappa shape index (κ1) is 59.6. The molecule has 0 amide bonds. The molecule has 0 fully saturated rings. The second kappa shape index (κ2) is 52.9. The van der Waals surface area contributed by atoms with E-state index in [1.54, 1.807) is 0 Å². The summed E-state index contributed by atoms with van der Waals surface area (Å²) in [5.41, 5.74) is 0. The van der Waals surface area contributed by atoms with Gasteiger partial charge < -0.3 is 14.2 Å². The highest BCUT2D eigenvalue weighted by atomic mass is 16.6. The van der Waals surface area contributed by atoms with Crippen LogP contribution in [0.5, 0.6) is 0 Å². The Labute approximate surface area is 385 Å². The van der Waals surface area contributed by atoms with E-state index in [1.807, 2.05) is 0 Å². The molecule has 62 heavy (non-hydrogen) atoms. The lowest BCUT2D eigenvalue weighted by molar-refractivity contribution is -0.163. The molecule has 360 valence electrons. The number of esters is 2. The van der Waals surface area contributed by atoms with Crippen molar-refractivity contribution in [1.82, 2.24) is 0 Å². The monoisotopic (exact) mass is 867 g/mol. The number of rotatable bonds is 49. The molecule has 5 heteroatoms. The standard InChI is InChI=1S/C57H102O5/c1-4-7-10-13-16-19-22-24-26-27-28-29-30-32-34-37-40-43-46-49-52-60-53-55(62-57(59)51-48-45-42-39-35-21-18-15-12-9-6-3)54-61-56(58)50-47-44-41-38-36-33-31-25-23-20-17-14-11-8-5-2/h7,10,15-16,18-19,24,26,28-29,55H,4-6,8-9,11-14,17,20-23,25,27,30-54H2,1-3H3/b10-7-,18-15-,19-16-,26-24-,29-28-. The molecule has 0 aromatic rings. The molecule has 0 radical (unpaired) electrons. The van der Waals surface area contributed by atoms with Gasteiger partial charge in [0.15, 0.2) is 6.10 Å². The van der Waals surface area contributed by atoms with Gasteiger partial charge in [-0.3, -0.25) is 9.59 Å². The first-order valence-corrected chi connectivity index (χ1v) is 26.8. The van der Waals surface area contributed by atoms with Gasteiger partial charge in [-0.2, -0.15) is 0 Å². The molecule has 0 saturated heterocycles. The molecule has 0 aliphatic heterocycles. The summed E-state index contributed by atoms with van der Waals surface area (Å²) < 4.78 is 17.4. The van der Waals surface area contributed by atoms with Crippen molar-refractivity contribution in [3.05, 3.63) is 60.8 Å². The first-order valence-electron chi connectivity index (χ1n) is 26.8. The summed E-state index contributed by atoms with van der Waals surface area (Å²) in [5.74, 6) is -0.405. The predicted molar refractivity (Wildman–Crippen MR) is 270 cm³/mol. The first-order chi connectivity index (χ1) is 30.6. The van der Waals surface area contributed by atoms with Gasteiger partial charge in [-0.15, -0.1) is 0 Å². The van der Waals surface area contributed by atoms with Gasteiger partial charge in [0.25, 0.3) is 0 Å². The van der Waals surface area contributed by atoms with Crippen LogP contribution in [-0.4, -0.2) is 37.9 Å². The Morgan fingerprint density at radius 3 is 1.23 bits per heavy atom. The van der Waals surface area contributed by atoms with E-state index in [4.69, 9.17) is 14.2 Å². The van der Waals surface area contributed by atoms with E-state index in [9.17, 15) is 9.59 Å². The molecular weight excluding hydrogens is 765 g/mol. The molecular formula is C57H102O5. The van der Waals surface area contributed by atoms with Crippen LogP contribution < -0.4 is 0 Å². The number of ether oxygens (including phenoxy) is 3. The fourth-order valence-corrected chi connectivity index (χ4v) is 7.54. The summed E-state index contributed by atoms with van der Waals surface area (Å²) in [7, 11) is 0. The maximum absolute atomic E-state index is 12.8. The van der Waals surface area contributed by atoms with Gasteiger partial charge in [0.2, 0.25) is 0 Å². The van der Waals surface area contributed by atoms with Gasteiger partial charge >= 0.3 is 11.9 Å². The summed E-state index contributed by atoms with van der Waals surface area (Å²) in [5, 5.41) is 0. The molecule has 0 bridgehead atoms. The van der Waals surface area contributed by atoms with E-state index in [2.05, 4.69) is 81.5 Å². The van der Waals surface area contributed by atoms with Crippen molar-refractivity contribution in [2.75, 3.05) is 19.8 Å².